The molecule has 0 spiro atoms. The van der Waals surface area contributed by atoms with Gasteiger partial charge in [-0.15, -0.1) is 0 Å². The summed E-state index contributed by atoms with van der Waals surface area (Å²) in [5.74, 6) is 0.204. The zero-order valence-corrected chi connectivity index (χ0v) is 19.9. The van der Waals surface area contributed by atoms with E-state index in [2.05, 4.69) is 29.3 Å². The van der Waals surface area contributed by atoms with Gasteiger partial charge in [0.2, 0.25) is 5.91 Å². The molecule has 1 aliphatic rings. The Morgan fingerprint density at radius 2 is 1.00 bits per heavy atom. The van der Waals surface area contributed by atoms with E-state index in [0.29, 0.717) is 6.42 Å². The summed E-state index contributed by atoms with van der Waals surface area (Å²) in [6.45, 7) is 6.26. The van der Waals surface area contributed by atoms with Gasteiger partial charge in [0.25, 0.3) is 0 Å². The van der Waals surface area contributed by atoms with Gasteiger partial charge < -0.3 is 4.90 Å². The number of nitrogens with zero attached hydrogens (tertiary/aromatic N) is 2. The highest BCUT2D eigenvalue weighted by Gasteiger charge is 2.15. The first-order valence-corrected chi connectivity index (χ1v) is 13.0. The lowest BCUT2D eigenvalue weighted by atomic mass is 10.0. The first kappa shape index (κ1) is 26.4. The molecule has 0 atom stereocenters. The summed E-state index contributed by atoms with van der Waals surface area (Å²) in [5, 5.41) is 2.08. The Labute approximate surface area is 182 Å². The third-order valence-corrected chi connectivity index (χ3v) is 6.29. The molecule has 1 rings (SSSR count). The maximum absolute atomic E-state index is 12.0. The molecule has 0 aliphatic carbocycles. The second kappa shape index (κ2) is 19.4. The second-order valence-corrected chi connectivity index (χ2v) is 9.23. The number of hydrazine groups is 1. The third kappa shape index (κ3) is 16.8. The molecule has 172 valence electrons. The van der Waals surface area contributed by atoms with Crippen molar-refractivity contribution in [3.8, 4) is 0 Å². The van der Waals surface area contributed by atoms with Crippen LogP contribution in [0.25, 0.3) is 0 Å². The highest BCUT2D eigenvalue weighted by molar-refractivity contribution is 5.75. The van der Waals surface area contributed by atoms with Gasteiger partial charge in [-0.25, -0.2) is 5.01 Å². The number of hydrogen-bond acceptors (Lipinski definition) is 3. The molecule has 29 heavy (non-hydrogen) atoms. The Kier molecular flexibility index (Phi) is 17.6. The van der Waals surface area contributed by atoms with Crippen molar-refractivity contribution in [2.75, 3.05) is 33.2 Å². The molecule has 1 aliphatic heterocycles. The minimum Gasteiger partial charge on any atom is -0.304 e. The smallest absolute Gasteiger partial charge is 0.234 e. The van der Waals surface area contributed by atoms with Crippen LogP contribution in [0.4, 0.5) is 0 Å². The Hall–Kier alpha value is -0.610. The van der Waals surface area contributed by atoms with Gasteiger partial charge in [-0.2, -0.15) is 0 Å². The standard InChI is InChI=1S/C25H51N3O/c1-3-4-5-6-7-8-9-10-11-12-13-14-15-16-17-18-19-20-25(29)26-28-23-21-27(2)22-24-28/h3-24H2,1-2H3,(H,26,29). The van der Waals surface area contributed by atoms with Crippen LogP contribution >= 0.6 is 0 Å². The largest absolute Gasteiger partial charge is 0.304 e. The van der Waals surface area contributed by atoms with Crippen molar-refractivity contribution in [2.24, 2.45) is 0 Å². The fraction of sp³-hybridized carbons (Fsp3) is 0.960. The fourth-order valence-electron chi connectivity index (χ4n) is 4.16. The van der Waals surface area contributed by atoms with E-state index in [-0.39, 0.29) is 5.91 Å². The Bertz CT molecular complexity index is 367. The summed E-state index contributed by atoms with van der Waals surface area (Å²) >= 11 is 0. The zero-order valence-electron chi connectivity index (χ0n) is 19.9. The topological polar surface area (TPSA) is 35.6 Å². The highest BCUT2D eigenvalue weighted by atomic mass is 16.2. The van der Waals surface area contributed by atoms with Gasteiger partial charge in [-0.3, -0.25) is 10.2 Å². The molecule has 0 aromatic carbocycles. The molecule has 0 unspecified atom stereocenters. The van der Waals surface area contributed by atoms with Crippen LogP contribution < -0.4 is 5.43 Å². The first-order valence-electron chi connectivity index (χ1n) is 13.0. The summed E-state index contributed by atoms with van der Waals surface area (Å²) in [4.78, 5) is 14.3. The average Bonchev–Trinajstić information content (AvgIpc) is 2.72. The van der Waals surface area contributed by atoms with Gasteiger partial charge in [0.15, 0.2) is 0 Å². The lowest BCUT2D eigenvalue weighted by Gasteiger charge is -2.32. The molecule has 1 heterocycles. The number of amides is 1. The molecule has 1 saturated heterocycles. The molecule has 1 amide bonds. The predicted octanol–water partition coefficient (Wildman–Crippen LogP) is 6.31. The van der Waals surface area contributed by atoms with Crippen molar-refractivity contribution in [1.82, 2.24) is 15.3 Å². The summed E-state index contributed by atoms with van der Waals surface area (Å²) in [5.41, 5.74) is 3.06. The minimum absolute atomic E-state index is 0.204. The Morgan fingerprint density at radius 1 is 0.621 bits per heavy atom. The van der Waals surface area contributed by atoms with Crippen LogP contribution in [0.15, 0.2) is 0 Å². The molecular formula is C25H51N3O. The monoisotopic (exact) mass is 409 g/mol. The third-order valence-electron chi connectivity index (χ3n) is 6.29. The van der Waals surface area contributed by atoms with Crippen molar-refractivity contribution in [1.29, 1.82) is 0 Å². The lowest BCUT2D eigenvalue weighted by molar-refractivity contribution is -0.126. The van der Waals surface area contributed by atoms with Gasteiger partial charge in [-0.05, 0) is 13.5 Å². The number of piperazine rings is 1. The van der Waals surface area contributed by atoms with Crippen molar-refractivity contribution < 1.29 is 4.79 Å². The summed E-state index contributed by atoms with van der Waals surface area (Å²) in [7, 11) is 2.14. The number of likely N-dealkylation sites (N-methyl/N-ethyl adjacent to an activating group) is 1. The lowest BCUT2D eigenvalue weighted by Crippen LogP contribution is -2.52. The van der Waals surface area contributed by atoms with Crippen molar-refractivity contribution in [2.45, 2.75) is 122 Å². The van der Waals surface area contributed by atoms with Crippen LogP contribution in [0.3, 0.4) is 0 Å². The van der Waals surface area contributed by atoms with Gasteiger partial charge >= 0.3 is 0 Å². The molecular weight excluding hydrogens is 358 g/mol. The minimum atomic E-state index is 0.204. The van der Waals surface area contributed by atoms with Crippen LogP contribution in [0.2, 0.25) is 0 Å². The van der Waals surface area contributed by atoms with Crippen LogP contribution in [0.1, 0.15) is 122 Å². The quantitative estimate of drug-likeness (QED) is 0.254. The molecule has 0 saturated carbocycles. The Morgan fingerprint density at radius 3 is 1.41 bits per heavy atom. The maximum Gasteiger partial charge on any atom is 0.234 e. The summed E-state index contributed by atoms with van der Waals surface area (Å²) in [6.07, 6.45) is 24.1. The van der Waals surface area contributed by atoms with E-state index in [1.165, 1.54) is 103 Å². The van der Waals surface area contributed by atoms with Crippen LogP contribution in [0.5, 0.6) is 0 Å². The average molecular weight is 410 g/mol. The van der Waals surface area contributed by atoms with Crippen molar-refractivity contribution in [3.63, 3.8) is 0 Å². The second-order valence-electron chi connectivity index (χ2n) is 9.23. The first-order chi connectivity index (χ1) is 14.2. The van der Waals surface area contributed by atoms with E-state index in [1.54, 1.807) is 0 Å². The maximum atomic E-state index is 12.0. The van der Waals surface area contributed by atoms with Crippen molar-refractivity contribution in [3.05, 3.63) is 0 Å². The van der Waals surface area contributed by atoms with E-state index >= 15 is 0 Å². The van der Waals surface area contributed by atoms with Gasteiger partial charge in [0, 0.05) is 32.6 Å². The highest BCUT2D eigenvalue weighted by Crippen LogP contribution is 2.14. The number of carbonyl (C=O) groups excluding carboxylic acids is 1. The van der Waals surface area contributed by atoms with Gasteiger partial charge in [0.05, 0.1) is 0 Å². The molecule has 1 fully saturated rings. The van der Waals surface area contributed by atoms with E-state index < -0.39 is 0 Å². The van der Waals surface area contributed by atoms with Crippen LogP contribution in [0, 0.1) is 0 Å². The normalized spacial score (nSPS) is 15.7. The molecule has 4 nitrogen and oxygen atoms in total. The SMILES string of the molecule is CCCCCCCCCCCCCCCCCCCC(=O)NN1CCN(C)CC1. The molecule has 0 aromatic heterocycles. The molecule has 4 heteroatoms. The summed E-state index contributed by atoms with van der Waals surface area (Å²) < 4.78 is 0. The molecule has 0 aromatic rings. The number of nitrogens with one attached hydrogen (secondary N) is 1. The van der Waals surface area contributed by atoms with Crippen molar-refractivity contribution >= 4 is 5.91 Å². The van der Waals surface area contributed by atoms with E-state index in [0.717, 1.165) is 32.6 Å². The number of rotatable bonds is 19. The Balaban J connectivity index is 1.73. The summed E-state index contributed by atoms with van der Waals surface area (Å²) in [6, 6.07) is 0. The van der Waals surface area contributed by atoms with Crippen LogP contribution in [-0.4, -0.2) is 49.0 Å². The number of hydrogen-bond donors (Lipinski definition) is 1. The molecule has 0 radical (unpaired) electrons. The van der Waals surface area contributed by atoms with E-state index in [9.17, 15) is 4.79 Å². The fourth-order valence-corrected chi connectivity index (χ4v) is 4.16. The van der Waals surface area contributed by atoms with Gasteiger partial charge in [-0.1, -0.05) is 110 Å². The zero-order chi connectivity index (χ0) is 21.0. The van der Waals surface area contributed by atoms with Gasteiger partial charge in [0.1, 0.15) is 0 Å². The number of unbranched alkanes of at least 4 members (excludes halogenated alkanes) is 16. The van der Waals surface area contributed by atoms with E-state index in [1.807, 2.05) is 0 Å². The number of carbonyl (C=O) groups is 1. The van der Waals surface area contributed by atoms with E-state index in [4.69, 9.17) is 0 Å². The molecule has 0 bridgehead atoms. The molecule has 1 N–H and O–H groups in total. The predicted molar refractivity (Wildman–Crippen MR) is 126 cm³/mol. The van der Waals surface area contributed by atoms with Crippen LogP contribution in [-0.2, 0) is 4.79 Å².